The lowest BCUT2D eigenvalue weighted by molar-refractivity contribution is -0.115. The van der Waals surface area contributed by atoms with Gasteiger partial charge in [-0.15, -0.1) is 0 Å². The Morgan fingerprint density at radius 1 is 0.700 bits per heavy atom. The lowest BCUT2D eigenvalue weighted by atomic mass is 10.2. The van der Waals surface area contributed by atoms with Crippen LogP contribution in [0.1, 0.15) is 21.0 Å². The minimum Gasteiger partial charge on any atom is -0.370 e. The molecule has 0 fully saturated rings. The van der Waals surface area contributed by atoms with Crippen LogP contribution in [0.3, 0.4) is 0 Å². The molecule has 2 aromatic heterocycles. The van der Waals surface area contributed by atoms with Gasteiger partial charge in [0.25, 0.3) is 11.8 Å². The summed E-state index contributed by atoms with van der Waals surface area (Å²) in [5, 5.41) is 15.5. The molecule has 14 nitrogen and oxygen atoms in total. The first-order chi connectivity index (χ1) is 19.2. The zero-order valence-corrected chi connectivity index (χ0v) is 22.0. The van der Waals surface area contributed by atoms with Crippen molar-refractivity contribution >= 4 is 62.8 Å². The number of nitrogens with two attached hydrogens (primary N) is 2. The van der Waals surface area contributed by atoms with E-state index in [1.165, 1.54) is 7.05 Å². The van der Waals surface area contributed by atoms with Crippen LogP contribution < -0.4 is 38.1 Å². The summed E-state index contributed by atoms with van der Waals surface area (Å²) in [5.74, 6) is -0.421. The quantitative estimate of drug-likeness (QED) is 0.0829. The Kier molecular flexibility index (Phi) is 8.49. The number of anilines is 2. The largest absolute Gasteiger partial charge is 0.370 e. The third-order valence-electron chi connectivity index (χ3n) is 5.90. The van der Waals surface area contributed by atoms with Crippen LogP contribution in [0.4, 0.5) is 11.4 Å². The van der Waals surface area contributed by atoms with Gasteiger partial charge < -0.3 is 48.0 Å². The summed E-state index contributed by atoms with van der Waals surface area (Å²) in [6.45, 7) is 0.781. The van der Waals surface area contributed by atoms with E-state index >= 15 is 0 Å². The highest BCUT2D eigenvalue weighted by Crippen LogP contribution is 2.23. The fourth-order valence-electron chi connectivity index (χ4n) is 3.86. The monoisotopic (exact) mass is 545 g/mol. The minimum absolute atomic E-state index is 0.0263. The van der Waals surface area contributed by atoms with E-state index in [2.05, 4.69) is 46.5 Å². The first-order valence-corrected chi connectivity index (χ1v) is 12.3. The van der Waals surface area contributed by atoms with E-state index in [0.29, 0.717) is 41.8 Å². The van der Waals surface area contributed by atoms with Gasteiger partial charge in [0.05, 0.1) is 6.54 Å². The van der Waals surface area contributed by atoms with E-state index in [1.807, 2.05) is 0 Å². The van der Waals surface area contributed by atoms with E-state index in [9.17, 15) is 14.4 Å². The number of H-pyrrole nitrogens is 2. The summed E-state index contributed by atoms with van der Waals surface area (Å²) in [6, 6.07) is 14.0. The molecule has 0 radical (unpaired) electrons. The molecule has 0 aliphatic carbocycles. The predicted molar refractivity (Wildman–Crippen MR) is 157 cm³/mol. The van der Waals surface area contributed by atoms with Crippen LogP contribution in [0.15, 0.2) is 58.5 Å². The molecule has 0 atom stereocenters. The van der Waals surface area contributed by atoms with Crippen molar-refractivity contribution < 1.29 is 14.4 Å². The van der Waals surface area contributed by atoms with Gasteiger partial charge in [-0.3, -0.25) is 24.4 Å². The first-order valence-electron chi connectivity index (χ1n) is 12.3. The highest BCUT2D eigenvalue weighted by Gasteiger charge is 2.13. The van der Waals surface area contributed by atoms with Gasteiger partial charge in [0.15, 0.2) is 11.9 Å². The number of aromatic nitrogens is 2. The number of guanidine groups is 2. The van der Waals surface area contributed by atoms with Crippen molar-refractivity contribution in [3.05, 3.63) is 59.9 Å². The number of aliphatic imine (C=N–C) groups is 2. The second-order valence-corrected chi connectivity index (χ2v) is 8.73. The zero-order chi connectivity index (χ0) is 28.6. The molecule has 0 saturated carbocycles. The summed E-state index contributed by atoms with van der Waals surface area (Å²) in [5.41, 5.74) is 14.5. The molecule has 0 saturated heterocycles. The summed E-state index contributed by atoms with van der Waals surface area (Å²) in [4.78, 5) is 51.2. The van der Waals surface area contributed by atoms with Crippen LogP contribution in [-0.4, -0.2) is 73.3 Å². The third-order valence-corrected chi connectivity index (χ3v) is 5.90. The topological polar surface area (TPSA) is 220 Å². The molecule has 11 N–H and O–H groups in total. The summed E-state index contributed by atoms with van der Waals surface area (Å²) in [6.07, 6.45) is 0. The summed E-state index contributed by atoms with van der Waals surface area (Å²) >= 11 is 0. The maximum absolute atomic E-state index is 13.0. The van der Waals surface area contributed by atoms with Gasteiger partial charge in [0.1, 0.15) is 11.4 Å². The molecule has 14 heteroatoms. The standard InChI is InChI=1S/C26H31N11O3/c1-29-25(27)32-8-7-31-23(39)20-11-15-10-17(4-6-18(15)36-20)35-24(40)21-12-14-9-16(3-5-19(14)37-21)34-22(38)13-33-26(28)30-2/h3-6,9-12,36-37H,7-8,13H2,1-2H3,(H,31,39)(H,34,38)(H,35,40)(H3,27,29,32)(H3,28,30,33). The molecular formula is C26H31N11O3. The Labute approximate surface area is 229 Å². The fourth-order valence-corrected chi connectivity index (χ4v) is 3.86. The normalized spacial score (nSPS) is 11.8. The molecule has 2 aromatic carbocycles. The Morgan fingerprint density at radius 2 is 1.23 bits per heavy atom. The number of nitrogens with zero attached hydrogens (tertiary/aromatic N) is 2. The van der Waals surface area contributed by atoms with Crippen molar-refractivity contribution in [1.29, 1.82) is 0 Å². The highest BCUT2D eigenvalue weighted by atomic mass is 16.2. The Balaban J connectivity index is 1.38. The number of aromatic amines is 2. The van der Waals surface area contributed by atoms with Crippen molar-refractivity contribution in [2.24, 2.45) is 21.5 Å². The SMILES string of the molecule is CN=C(N)NCCNC(=O)c1cc2cc(NC(=O)c3cc4cc(NC(=O)CNC(N)=NC)ccc4[nH]3)ccc2[nH]1. The second-order valence-electron chi connectivity index (χ2n) is 8.73. The number of amides is 3. The molecular weight excluding hydrogens is 514 g/mol. The maximum Gasteiger partial charge on any atom is 0.272 e. The van der Waals surface area contributed by atoms with Crippen molar-refractivity contribution in [2.75, 3.05) is 44.4 Å². The summed E-state index contributed by atoms with van der Waals surface area (Å²) < 4.78 is 0. The molecule has 0 spiro atoms. The average Bonchev–Trinajstić information content (AvgIpc) is 3.57. The van der Waals surface area contributed by atoms with Crippen LogP contribution in [-0.2, 0) is 4.79 Å². The number of nitrogens with one attached hydrogen (secondary N) is 7. The Morgan fingerprint density at radius 3 is 1.82 bits per heavy atom. The van der Waals surface area contributed by atoms with Crippen molar-refractivity contribution in [3.63, 3.8) is 0 Å². The van der Waals surface area contributed by atoms with E-state index in [4.69, 9.17) is 11.5 Å². The Bertz CT molecular complexity index is 1620. The molecule has 3 amide bonds. The molecule has 40 heavy (non-hydrogen) atoms. The number of fused-ring (bicyclic) bond motifs is 2. The van der Waals surface area contributed by atoms with E-state index in [-0.39, 0.29) is 30.2 Å². The van der Waals surface area contributed by atoms with Crippen LogP contribution in [0.5, 0.6) is 0 Å². The molecule has 2 heterocycles. The van der Waals surface area contributed by atoms with Crippen LogP contribution in [0, 0.1) is 0 Å². The average molecular weight is 546 g/mol. The molecule has 0 aliphatic rings. The van der Waals surface area contributed by atoms with Crippen LogP contribution in [0.2, 0.25) is 0 Å². The highest BCUT2D eigenvalue weighted by molar-refractivity contribution is 6.07. The van der Waals surface area contributed by atoms with E-state index in [1.54, 1.807) is 55.6 Å². The molecule has 0 unspecified atom stereocenters. The second kappa shape index (κ2) is 12.3. The molecule has 4 rings (SSSR count). The van der Waals surface area contributed by atoms with Gasteiger partial charge in [-0.2, -0.15) is 0 Å². The van der Waals surface area contributed by atoms with Gasteiger partial charge in [0.2, 0.25) is 5.91 Å². The number of hydrogen-bond acceptors (Lipinski definition) is 5. The smallest absolute Gasteiger partial charge is 0.272 e. The Hall–Kier alpha value is -5.53. The van der Waals surface area contributed by atoms with Gasteiger partial charge in [-0.25, -0.2) is 0 Å². The fraction of sp³-hybridized carbons (Fsp3) is 0.192. The minimum atomic E-state index is -0.337. The number of rotatable bonds is 9. The lowest BCUT2D eigenvalue weighted by Gasteiger charge is -2.07. The van der Waals surface area contributed by atoms with Gasteiger partial charge in [0, 0.05) is 60.4 Å². The van der Waals surface area contributed by atoms with Crippen molar-refractivity contribution in [1.82, 2.24) is 25.9 Å². The zero-order valence-electron chi connectivity index (χ0n) is 22.0. The third kappa shape index (κ3) is 6.86. The number of carbonyl (C=O) groups is 3. The number of benzene rings is 2. The molecule has 0 aliphatic heterocycles. The first kappa shape index (κ1) is 27.5. The van der Waals surface area contributed by atoms with Crippen LogP contribution >= 0.6 is 0 Å². The summed E-state index contributed by atoms with van der Waals surface area (Å²) in [7, 11) is 3.09. The van der Waals surface area contributed by atoms with Gasteiger partial charge in [-0.05, 0) is 48.5 Å². The number of hydrogen-bond donors (Lipinski definition) is 9. The molecule has 4 aromatic rings. The van der Waals surface area contributed by atoms with Crippen LogP contribution in [0.25, 0.3) is 21.8 Å². The molecule has 0 bridgehead atoms. The predicted octanol–water partition coefficient (Wildman–Crippen LogP) is 0.638. The van der Waals surface area contributed by atoms with Crippen molar-refractivity contribution in [3.8, 4) is 0 Å². The van der Waals surface area contributed by atoms with Gasteiger partial charge >= 0.3 is 0 Å². The maximum atomic E-state index is 13.0. The molecule has 208 valence electrons. The van der Waals surface area contributed by atoms with Crippen molar-refractivity contribution in [2.45, 2.75) is 0 Å². The number of carbonyl (C=O) groups excluding carboxylic acids is 3. The lowest BCUT2D eigenvalue weighted by Crippen LogP contribution is -2.38. The van der Waals surface area contributed by atoms with Gasteiger partial charge in [-0.1, -0.05) is 0 Å². The van der Waals surface area contributed by atoms with E-state index < -0.39 is 0 Å². The van der Waals surface area contributed by atoms with E-state index in [0.717, 1.165) is 21.8 Å².